The van der Waals surface area contributed by atoms with E-state index < -0.39 is 29.0 Å². The van der Waals surface area contributed by atoms with Crippen LogP contribution in [0.1, 0.15) is 19.3 Å². The second kappa shape index (κ2) is 8.92. The molecule has 24 heavy (non-hydrogen) atoms. The first-order valence-electron chi connectivity index (χ1n) is 7.58. The van der Waals surface area contributed by atoms with E-state index in [-0.39, 0.29) is 31.3 Å². The van der Waals surface area contributed by atoms with Crippen molar-refractivity contribution in [2.45, 2.75) is 49.8 Å². The van der Waals surface area contributed by atoms with E-state index in [0.29, 0.717) is 26.1 Å². The van der Waals surface area contributed by atoms with Crippen molar-refractivity contribution in [1.82, 2.24) is 0 Å². The van der Waals surface area contributed by atoms with Crippen molar-refractivity contribution in [2.24, 2.45) is 0 Å². The number of nitrogens with zero attached hydrogens (tertiary/aromatic N) is 2. The van der Waals surface area contributed by atoms with Crippen LogP contribution in [-0.4, -0.2) is 72.2 Å². The van der Waals surface area contributed by atoms with Crippen LogP contribution in [0.3, 0.4) is 0 Å². The van der Waals surface area contributed by atoms with Gasteiger partial charge in [0.1, 0.15) is 37.1 Å². The summed E-state index contributed by atoms with van der Waals surface area (Å²) in [5, 5.41) is 28.1. The Balaban J connectivity index is 1.60. The van der Waals surface area contributed by atoms with Gasteiger partial charge in [-0.2, -0.15) is 0 Å². The van der Waals surface area contributed by atoms with Crippen LogP contribution >= 0.6 is 0 Å². The lowest BCUT2D eigenvalue weighted by Gasteiger charge is -2.17. The van der Waals surface area contributed by atoms with Crippen LogP contribution in [0.4, 0.5) is 0 Å². The van der Waals surface area contributed by atoms with Gasteiger partial charge in [0, 0.05) is 6.61 Å². The van der Waals surface area contributed by atoms with E-state index in [2.05, 4.69) is 9.68 Å². The minimum absolute atomic E-state index is 0.223. The molecule has 138 valence electrons. The average molecular weight is 352 g/mol. The molecule has 2 heterocycles. The molecular weight excluding hydrogens is 332 g/mol. The van der Waals surface area contributed by atoms with Crippen LogP contribution in [0.5, 0.6) is 0 Å². The highest BCUT2D eigenvalue weighted by atomic mass is 17.0. The van der Waals surface area contributed by atoms with Crippen molar-refractivity contribution in [3.05, 3.63) is 20.2 Å². The summed E-state index contributed by atoms with van der Waals surface area (Å²) in [5.41, 5.74) is 0. The summed E-state index contributed by atoms with van der Waals surface area (Å²) >= 11 is 0. The highest BCUT2D eigenvalue weighted by molar-refractivity contribution is 4.94. The summed E-state index contributed by atoms with van der Waals surface area (Å²) in [5.74, 6) is 0. The van der Waals surface area contributed by atoms with Crippen LogP contribution in [0.25, 0.3) is 0 Å². The Kier molecular flexibility index (Phi) is 6.90. The molecule has 2 aliphatic heterocycles. The maximum Gasteiger partial charge on any atom is 0.294 e. The first kappa shape index (κ1) is 18.6. The van der Waals surface area contributed by atoms with Crippen LogP contribution in [-0.2, 0) is 23.9 Å². The van der Waals surface area contributed by atoms with Crippen molar-refractivity contribution in [1.29, 1.82) is 0 Å². The Bertz CT molecular complexity index is 436. The molecule has 1 N–H and O–H groups in total. The van der Waals surface area contributed by atoms with E-state index in [1.165, 1.54) is 0 Å². The molecule has 2 fully saturated rings. The number of unbranched alkanes of at least 4 members (excludes halogenated alkanes) is 1. The topological polar surface area (TPSA) is 153 Å². The van der Waals surface area contributed by atoms with Crippen molar-refractivity contribution >= 4 is 0 Å². The fraction of sp³-hybridized carbons (Fsp3) is 1.00. The van der Waals surface area contributed by atoms with Gasteiger partial charge in [0.25, 0.3) is 10.2 Å². The predicted octanol–water partition coefficient (Wildman–Crippen LogP) is -0.514. The normalized spacial score (nSPS) is 29.9. The zero-order chi connectivity index (χ0) is 17.5. The molecule has 3 unspecified atom stereocenters. The Morgan fingerprint density at radius 2 is 1.88 bits per heavy atom. The lowest BCUT2D eigenvalue weighted by atomic mass is 10.1. The van der Waals surface area contributed by atoms with Crippen LogP contribution in [0.15, 0.2) is 0 Å². The van der Waals surface area contributed by atoms with Gasteiger partial charge in [0.2, 0.25) is 0 Å². The van der Waals surface area contributed by atoms with E-state index in [0.717, 1.165) is 0 Å². The minimum atomic E-state index is -1.02. The molecule has 2 rings (SSSR count). The van der Waals surface area contributed by atoms with Gasteiger partial charge in [-0.15, -0.1) is 20.2 Å². The molecule has 0 aromatic rings. The zero-order valence-electron chi connectivity index (χ0n) is 12.9. The van der Waals surface area contributed by atoms with E-state index in [4.69, 9.17) is 14.2 Å². The Morgan fingerprint density at radius 1 is 1.12 bits per heavy atom. The average Bonchev–Trinajstić information content (AvgIpc) is 3.07. The van der Waals surface area contributed by atoms with E-state index in [9.17, 15) is 25.3 Å². The summed E-state index contributed by atoms with van der Waals surface area (Å²) in [6.07, 6.45) is -1.22. The highest BCUT2D eigenvalue weighted by Crippen LogP contribution is 2.28. The summed E-state index contributed by atoms with van der Waals surface area (Å²) in [7, 11) is 0. The number of hydrogen-bond donors (Lipinski definition) is 1. The Morgan fingerprint density at radius 3 is 2.58 bits per heavy atom. The van der Waals surface area contributed by atoms with Gasteiger partial charge in [-0.25, -0.2) is 0 Å². The molecule has 0 bridgehead atoms. The summed E-state index contributed by atoms with van der Waals surface area (Å²) < 4.78 is 16.5. The zero-order valence-corrected chi connectivity index (χ0v) is 12.9. The molecule has 0 radical (unpaired) electrons. The van der Waals surface area contributed by atoms with Gasteiger partial charge in [0.15, 0.2) is 0 Å². The minimum Gasteiger partial charge on any atom is -0.388 e. The third-order valence-electron chi connectivity index (χ3n) is 3.84. The lowest BCUT2D eigenvalue weighted by Crippen LogP contribution is -2.33. The molecule has 0 amide bonds. The van der Waals surface area contributed by atoms with Crippen molar-refractivity contribution in [3.63, 3.8) is 0 Å². The summed E-state index contributed by atoms with van der Waals surface area (Å²) in [6, 6.07) is 0. The molecule has 12 heteroatoms. The summed E-state index contributed by atoms with van der Waals surface area (Å²) in [4.78, 5) is 28.9. The first-order valence-corrected chi connectivity index (χ1v) is 7.58. The molecule has 0 aliphatic carbocycles. The maximum atomic E-state index is 10.3. The van der Waals surface area contributed by atoms with Gasteiger partial charge in [-0.05, 0) is 19.3 Å². The molecule has 0 saturated carbocycles. The molecule has 2 aliphatic rings. The fourth-order valence-corrected chi connectivity index (χ4v) is 2.73. The molecule has 0 aromatic heterocycles. The van der Waals surface area contributed by atoms with Gasteiger partial charge in [-0.1, -0.05) is 0 Å². The molecular formula is C12H20N2O10. The number of fused-ring (bicyclic) bond motifs is 1. The van der Waals surface area contributed by atoms with Crippen molar-refractivity contribution in [2.75, 3.05) is 26.4 Å². The monoisotopic (exact) mass is 352 g/mol. The third-order valence-corrected chi connectivity index (χ3v) is 3.84. The van der Waals surface area contributed by atoms with E-state index in [1.807, 2.05) is 0 Å². The quantitative estimate of drug-likeness (QED) is 0.292. The van der Waals surface area contributed by atoms with Crippen LogP contribution < -0.4 is 0 Å². The molecule has 2 saturated heterocycles. The smallest absolute Gasteiger partial charge is 0.294 e. The number of aliphatic hydroxyl groups excluding tert-OH is 1. The largest absolute Gasteiger partial charge is 0.388 e. The molecule has 0 spiro atoms. The third kappa shape index (κ3) is 5.40. The molecule has 12 nitrogen and oxygen atoms in total. The van der Waals surface area contributed by atoms with Crippen molar-refractivity contribution < 1.29 is 39.2 Å². The summed E-state index contributed by atoms with van der Waals surface area (Å²) in [6.45, 7) is 0.445. The molecule has 5 atom stereocenters. The second-order valence-electron chi connectivity index (χ2n) is 5.54. The van der Waals surface area contributed by atoms with Crippen molar-refractivity contribution in [3.8, 4) is 0 Å². The van der Waals surface area contributed by atoms with Gasteiger partial charge in [-0.3, -0.25) is 0 Å². The van der Waals surface area contributed by atoms with E-state index in [1.54, 1.807) is 0 Å². The SMILES string of the molecule is O=[N+]([O-])OCC(CCCCOC1CO[C@@H]2C(O)CO[C@H]12)O[N+](=O)[O-]. The standard InChI is InChI=1S/C12H20N2O10/c15-9-6-21-12-10(7-22-11(9)12)20-4-2-1-3-8(24-14(18)19)5-23-13(16)17/h8-12,15H,1-7H2/t8?,9?,10?,11-,12-/m1/s1. The molecule has 0 aromatic carbocycles. The number of rotatable bonds is 11. The Hall–Kier alpha value is -1.76. The van der Waals surface area contributed by atoms with Crippen LogP contribution in [0, 0.1) is 20.2 Å². The lowest BCUT2D eigenvalue weighted by molar-refractivity contribution is -0.790. The van der Waals surface area contributed by atoms with Gasteiger partial charge in [0.05, 0.1) is 13.2 Å². The van der Waals surface area contributed by atoms with Gasteiger partial charge < -0.3 is 29.0 Å². The van der Waals surface area contributed by atoms with Crippen LogP contribution in [0.2, 0.25) is 0 Å². The highest BCUT2D eigenvalue weighted by Gasteiger charge is 2.47. The van der Waals surface area contributed by atoms with E-state index >= 15 is 0 Å². The predicted molar refractivity (Wildman–Crippen MR) is 73.9 cm³/mol. The Labute approximate surface area is 136 Å². The van der Waals surface area contributed by atoms with Gasteiger partial charge >= 0.3 is 0 Å². The maximum absolute atomic E-state index is 10.3. The first-order chi connectivity index (χ1) is 11.5. The number of ether oxygens (including phenoxy) is 3. The number of aliphatic hydroxyl groups is 1. The number of hydrogen-bond acceptors (Lipinski definition) is 10. The fourth-order valence-electron chi connectivity index (χ4n) is 2.73. The second-order valence-corrected chi connectivity index (χ2v) is 5.54.